The van der Waals surface area contributed by atoms with E-state index in [9.17, 15) is 4.39 Å². The van der Waals surface area contributed by atoms with Gasteiger partial charge in [-0.2, -0.15) is 0 Å². The van der Waals surface area contributed by atoms with E-state index in [-0.39, 0.29) is 5.82 Å². The summed E-state index contributed by atoms with van der Waals surface area (Å²) in [4.78, 5) is 0. The molecule has 4 nitrogen and oxygen atoms in total. The second kappa shape index (κ2) is 6.61. The normalized spacial score (nSPS) is 10.0. The number of nitrogens with one attached hydrogen (secondary N) is 1. The summed E-state index contributed by atoms with van der Waals surface area (Å²) in [6, 6.07) is 13.1. The van der Waals surface area contributed by atoms with Crippen molar-refractivity contribution in [1.29, 1.82) is 0 Å². The average molecular weight is 262 g/mol. The Balaban J connectivity index is 1.72. The molecule has 0 aliphatic carbocycles. The number of rotatable bonds is 6. The first-order valence-electron chi connectivity index (χ1n) is 5.86. The molecule has 2 aromatic rings. The highest BCUT2D eigenvalue weighted by Crippen LogP contribution is 2.15. The maximum atomic E-state index is 12.7. The summed E-state index contributed by atoms with van der Waals surface area (Å²) in [6.45, 7) is 0.801. The van der Waals surface area contributed by atoms with Crippen LogP contribution in [0.15, 0.2) is 48.5 Å². The minimum absolute atomic E-state index is 0.280. The fourth-order valence-electron chi connectivity index (χ4n) is 1.50. The van der Waals surface area contributed by atoms with Gasteiger partial charge in [0.15, 0.2) is 0 Å². The lowest BCUT2D eigenvalue weighted by molar-refractivity contribution is 0.217. The molecule has 2 aromatic carbocycles. The van der Waals surface area contributed by atoms with Crippen molar-refractivity contribution in [3.05, 3.63) is 54.3 Å². The second-order valence-electron chi connectivity index (χ2n) is 3.82. The van der Waals surface area contributed by atoms with Gasteiger partial charge in [-0.25, -0.2) is 4.39 Å². The van der Waals surface area contributed by atoms with Crippen LogP contribution < -0.4 is 20.7 Å². The number of halogens is 1. The Hall–Kier alpha value is -2.27. The van der Waals surface area contributed by atoms with Crippen molar-refractivity contribution < 1.29 is 13.9 Å². The van der Waals surface area contributed by atoms with Crippen LogP contribution in [0.5, 0.6) is 11.5 Å². The lowest BCUT2D eigenvalue weighted by Crippen LogP contribution is -2.09. The number of nitrogens with two attached hydrogens (primary N) is 1. The average Bonchev–Trinajstić information content (AvgIpc) is 2.46. The SMILES string of the molecule is NNc1ccc(OCCOc2ccc(F)cc2)cc1. The highest BCUT2D eigenvalue weighted by atomic mass is 19.1. The summed E-state index contributed by atoms with van der Waals surface area (Å²) in [5.41, 5.74) is 3.35. The molecule has 0 aliphatic heterocycles. The Morgan fingerprint density at radius 2 is 1.32 bits per heavy atom. The molecule has 0 aromatic heterocycles. The van der Waals surface area contributed by atoms with E-state index in [1.54, 1.807) is 12.1 Å². The van der Waals surface area contributed by atoms with Crippen molar-refractivity contribution in [3.63, 3.8) is 0 Å². The van der Waals surface area contributed by atoms with Crippen LogP contribution in [0.3, 0.4) is 0 Å². The van der Waals surface area contributed by atoms with Gasteiger partial charge in [-0.1, -0.05) is 0 Å². The van der Waals surface area contributed by atoms with E-state index in [4.69, 9.17) is 15.3 Å². The number of anilines is 1. The summed E-state index contributed by atoms with van der Waals surface area (Å²) in [7, 11) is 0. The van der Waals surface area contributed by atoms with E-state index in [0.29, 0.717) is 19.0 Å². The first-order chi connectivity index (χ1) is 9.28. The molecule has 0 unspecified atom stereocenters. The monoisotopic (exact) mass is 262 g/mol. The molecule has 0 heterocycles. The smallest absolute Gasteiger partial charge is 0.123 e. The van der Waals surface area contributed by atoms with E-state index < -0.39 is 0 Å². The molecule has 3 N–H and O–H groups in total. The number of hydrogen-bond acceptors (Lipinski definition) is 4. The quantitative estimate of drug-likeness (QED) is 0.477. The maximum absolute atomic E-state index is 12.7. The molecule has 100 valence electrons. The molecule has 0 amide bonds. The van der Waals surface area contributed by atoms with Crippen LogP contribution in [0.25, 0.3) is 0 Å². The van der Waals surface area contributed by atoms with Crippen molar-refractivity contribution >= 4 is 5.69 Å². The van der Waals surface area contributed by atoms with Crippen LogP contribution in [0.1, 0.15) is 0 Å². The Morgan fingerprint density at radius 1 is 0.842 bits per heavy atom. The standard InChI is InChI=1S/C14H15FN2O2/c15-11-1-5-13(6-2-11)18-9-10-19-14-7-3-12(17-16)4-8-14/h1-8,17H,9-10,16H2. The van der Waals surface area contributed by atoms with E-state index in [0.717, 1.165) is 11.4 Å². The zero-order chi connectivity index (χ0) is 13.5. The molecule has 0 bridgehead atoms. The molecule has 5 heteroatoms. The van der Waals surface area contributed by atoms with Gasteiger partial charge in [0.05, 0.1) is 0 Å². The summed E-state index contributed by atoms with van der Waals surface area (Å²) >= 11 is 0. The molecule has 0 fully saturated rings. The fraction of sp³-hybridized carbons (Fsp3) is 0.143. The number of ether oxygens (including phenoxy) is 2. The first-order valence-corrected chi connectivity index (χ1v) is 5.86. The van der Waals surface area contributed by atoms with Crippen molar-refractivity contribution in [1.82, 2.24) is 0 Å². The van der Waals surface area contributed by atoms with Gasteiger partial charge in [-0.15, -0.1) is 0 Å². The highest BCUT2D eigenvalue weighted by molar-refractivity contribution is 5.45. The van der Waals surface area contributed by atoms with Gasteiger partial charge < -0.3 is 14.9 Å². The van der Waals surface area contributed by atoms with Crippen LogP contribution in [0.4, 0.5) is 10.1 Å². The van der Waals surface area contributed by atoms with Gasteiger partial charge in [-0.3, -0.25) is 5.84 Å². The zero-order valence-electron chi connectivity index (χ0n) is 10.3. The largest absolute Gasteiger partial charge is 0.490 e. The Bertz CT molecular complexity index is 500. The predicted octanol–water partition coefficient (Wildman–Crippen LogP) is 2.57. The molecule has 0 saturated carbocycles. The number of benzene rings is 2. The molecule has 0 saturated heterocycles. The predicted molar refractivity (Wildman–Crippen MR) is 71.6 cm³/mol. The highest BCUT2D eigenvalue weighted by Gasteiger charge is 1.97. The number of hydrazine groups is 1. The zero-order valence-corrected chi connectivity index (χ0v) is 10.3. The van der Waals surface area contributed by atoms with Crippen molar-refractivity contribution in [2.24, 2.45) is 5.84 Å². The molecule has 19 heavy (non-hydrogen) atoms. The van der Waals surface area contributed by atoms with Crippen LogP contribution >= 0.6 is 0 Å². The Morgan fingerprint density at radius 3 is 1.79 bits per heavy atom. The minimum atomic E-state index is -0.280. The van der Waals surface area contributed by atoms with Gasteiger partial charge in [0.1, 0.15) is 30.5 Å². The number of hydrogen-bond donors (Lipinski definition) is 2. The van der Waals surface area contributed by atoms with Gasteiger partial charge >= 0.3 is 0 Å². The molecular formula is C14H15FN2O2. The van der Waals surface area contributed by atoms with Crippen molar-refractivity contribution in [3.8, 4) is 11.5 Å². The summed E-state index contributed by atoms with van der Waals surface area (Å²) in [6.07, 6.45) is 0. The third-order valence-electron chi connectivity index (χ3n) is 2.46. The Labute approximate surface area is 110 Å². The van der Waals surface area contributed by atoms with E-state index in [1.807, 2.05) is 24.3 Å². The second-order valence-corrected chi connectivity index (χ2v) is 3.82. The fourth-order valence-corrected chi connectivity index (χ4v) is 1.50. The molecule has 0 aliphatic rings. The van der Waals surface area contributed by atoms with Gasteiger partial charge in [0.2, 0.25) is 0 Å². The lowest BCUT2D eigenvalue weighted by atomic mass is 10.3. The van der Waals surface area contributed by atoms with Gasteiger partial charge in [-0.05, 0) is 48.5 Å². The van der Waals surface area contributed by atoms with E-state index in [2.05, 4.69) is 5.43 Å². The molecular weight excluding hydrogens is 247 g/mol. The minimum Gasteiger partial charge on any atom is -0.490 e. The third kappa shape index (κ3) is 4.15. The summed E-state index contributed by atoms with van der Waals surface area (Å²) in [5.74, 6) is 6.33. The van der Waals surface area contributed by atoms with Crippen molar-refractivity contribution in [2.45, 2.75) is 0 Å². The van der Waals surface area contributed by atoms with Crippen LogP contribution in [0.2, 0.25) is 0 Å². The topological polar surface area (TPSA) is 56.5 Å². The van der Waals surface area contributed by atoms with Crippen LogP contribution in [-0.2, 0) is 0 Å². The lowest BCUT2D eigenvalue weighted by Gasteiger charge is -2.08. The Kier molecular flexibility index (Phi) is 4.58. The van der Waals surface area contributed by atoms with Crippen molar-refractivity contribution in [2.75, 3.05) is 18.6 Å². The van der Waals surface area contributed by atoms with Gasteiger partial charge in [0, 0.05) is 5.69 Å². The van der Waals surface area contributed by atoms with Crippen LogP contribution in [0, 0.1) is 5.82 Å². The first kappa shape index (κ1) is 13.2. The summed E-state index contributed by atoms with van der Waals surface area (Å²) in [5, 5.41) is 0. The van der Waals surface area contributed by atoms with E-state index >= 15 is 0 Å². The summed E-state index contributed by atoms with van der Waals surface area (Å²) < 4.78 is 23.6. The number of nitrogen functional groups attached to an aromatic ring is 1. The van der Waals surface area contributed by atoms with Crippen LogP contribution in [-0.4, -0.2) is 13.2 Å². The maximum Gasteiger partial charge on any atom is 0.123 e. The third-order valence-corrected chi connectivity index (χ3v) is 2.46. The van der Waals surface area contributed by atoms with E-state index in [1.165, 1.54) is 12.1 Å². The molecule has 0 atom stereocenters. The molecule has 2 rings (SSSR count). The van der Waals surface area contributed by atoms with Gasteiger partial charge in [0.25, 0.3) is 0 Å². The molecule has 0 spiro atoms. The molecule has 0 radical (unpaired) electrons.